The van der Waals surface area contributed by atoms with Crippen molar-refractivity contribution in [2.24, 2.45) is 0 Å². The molecule has 2 heterocycles. The van der Waals surface area contributed by atoms with Crippen LogP contribution >= 0.6 is 0 Å². The van der Waals surface area contributed by atoms with Crippen LogP contribution in [0.25, 0.3) is 0 Å². The Labute approximate surface area is 66.6 Å². The molecule has 0 unspecified atom stereocenters. The zero-order chi connectivity index (χ0) is 9.42. The van der Waals surface area contributed by atoms with E-state index < -0.39 is 0 Å². The van der Waals surface area contributed by atoms with Gasteiger partial charge in [0.1, 0.15) is 0 Å². The SMILES string of the molecule is [2H]c1nc(=N)[nH]c([2H])c1C1COC1. The van der Waals surface area contributed by atoms with Gasteiger partial charge in [-0.1, -0.05) is 0 Å². The summed E-state index contributed by atoms with van der Waals surface area (Å²) in [6, 6.07) is 0. The molecule has 1 saturated heterocycles. The van der Waals surface area contributed by atoms with Crippen LogP contribution in [-0.2, 0) is 4.74 Å². The summed E-state index contributed by atoms with van der Waals surface area (Å²) in [7, 11) is 0. The van der Waals surface area contributed by atoms with E-state index in [-0.39, 0.29) is 23.9 Å². The predicted octanol–water partition coefficient (Wildman–Crippen LogP) is 0.00297. The molecule has 0 saturated carbocycles. The summed E-state index contributed by atoms with van der Waals surface area (Å²) in [5.74, 6) is 0.101. The second-order valence-corrected chi connectivity index (χ2v) is 2.47. The largest absolute Gasteiger partial charge is 0.380 e. The van der Waals surface area contributed by atoms with Crippen LogP contribution in [0.15, 0.2) is 12.3 Å². The summed E-state index contributed by atoms with van der Waals surface area (Å²) in [5.41, 5.74) is 0.418. The molecule has 0 aromatic carbocycles. The van der Waals surface area contributed by atoms with Crippen LogP contribution < -0.4 is 5.62 Å². The lowest BCUT2D eigenvalue weighted by atomic mass is 10.0. The fourth-order valence-corrected chi connectivity index (χ4v) is 0.894. The van der Waals surface area contributed by atoms with Crippen molar-refractivity contribution >= 4 is 0 Å². The maximum atomic E-state index is 7.53. The van der Waals surface area contributed by atoms with E-state index in [1.807, 2.05) is 0 Å². The highest BCUT2D eigenvalue weighted by Gasteiger charge is 2.20. The standard InChI is InChI=1S/C7H9N3O/c8-7-9-1-5(2-10-7)6-3-11-4-6/h1-2,6H,3-4H2,(H2,8,9,10)/i1D,2D. The van der Waals surface area contributed by atoms with Gasteiger partial charge in [0.2, 0.25) is 5.62 Å². The highest BCUT2D eigenvalue weighted by Crippen LogP contribution is 2.21. The topological polar surface area (TPSA) is 61.8 Å². The Hall–Kier alpha value is -1.16. The van der Waals surface area contributed by atoms with Crippen molar-refractivity contribution in [3.05, 3.63) is 23.5 Å². The zero-order valence-corrected chi connectivity index (χ0v) is 5.85. The van der Waals surface area contributed by atoms with E-state index in [9.17, 15) is 0 Å². The van der Waals surface area contributed by atoms with Crippen molar-refractivity contribution in [2.45, 2.75) is 5.92 Å². The smallest absolute Gasteiger partial charge is 0.219 e. The van der Waals surface area contributed by atoms with Crippen LogP contribution in [0.2, 0.25) is 0 Å². The zero-order valence-electron chi connectivity index (χ0n) is 7.85. The number of H-pyrrole nitrogens is 1. The molecule has 1 fully saturated rings. The summed E-state index contributed by atoms with van der Waals surface area (Å²) in [4.78, 5) is 6.11. The molecule has 1 aliphatic heterocycles. The van der Waals surface area contributed by atoms with Crippen LogP contribution in [0.3, 0.4) is 0 Å². The molecule has 0 amide bonds. The highest BCUT2D eigenvalue weighted by atomic mass is 16.5. The molecule has 58 valence electrons. The van der Waals surface area contributed by atoms with Crippen molar-refractivity contribution in [3.63, 3.8) is 0 Å². The Bertz CT molecular complexity index is 360. The van der Waals surface area contributed by atoms with Crippen LogP contribution in [0.5, 0.6) is 0 Å². The molecule has 4 heteroatoms. The lowest BCUT2D eigenvalue weighted by Crippen LogP contribution is -2.26. The summed E-state index contributed by atoms with van der Waals surface area (Å²) in [6.07, 6.45) is 0.125. The van der Waals surface area contributed by atoms with Crippen molar-refractivity contribution in [2.75, 3.05) is 13.2 Å². The number of nitrogens with zero attached hydrogens (tertiary/aromatic N) is 1. The Balaban J connectivity index is 2.49. The number of nitrogens with one attached hydrogen (secondary N) is 2. The molecule has 0 atom stereocenters. The number of rotatable bonds is 1. The van der Waals surface area contributed by atoms with Crippen LogP contribution in [0.4, 0.5) is 0 Å². The summed E-state index contributed by atoms with van der Waals surface area (Å²) in [5, 5.41) is 7.15. The first-order valence-electron chi connectivity index (χ1n) is 4.38. The average molecular weight is 153 g/mol. The molecule has 0 aliphatic carbocycles. The van der Waals surface area contributed by atoms with Crippen LogP contribution in [-0.4, -0.2) is 23.2 Å². The van der Waals surface area contributed by atoms with Gasteiger partial charge in [0.15, 0.2) is 0 Å². The molecule has 1 aromatic rings. The Morgan fingerprint density at radius 2 is 2.64 bits per heavy atom. The lowest BCUT2D eigenvalue weighted by Gasteiger charge is -2.25. The quantitative estimate of drug-likeness (QED) is 0.596. The molecular formula is C7H9N3O. The molecule has 2 rings (SSSR count). The van der Waals surface area contributed by atoms with Crippen molar-refractivity contribution < 1.29 is 7.48 Å². The van der Waals surface area contributed by atoms with E-state index in [1.54, 1.807) is 0 Å². The average Bonchev–Trinajstić information content (AvgIpc) is 1.92. The van der Waals surface area contributed by atoms with E-state index in [0.717, 1.165) is 0 Å². The van der Waals surface area contributed by atoms with Gasteiger partial charge in [0.25, 0.3) is 0 Å². The van der Waals surface area contributed by atoms with Crippen LogP contribution in [0.1, 0.15) is 14.2 Å². The first-order chi connectivity index (χ1) is 6.18. The minimum atomic E-state index is -0.140. The first kappa shape index (κ1) is 4.66. The number of aromatic amines is 1. The second-order valence-electron chi connectivity index (χ2n) is 2.47. The second kappa shape index (κ2) is 2.47. The van der Waals surface area contributed by atoms with Crippen LogP contribution in [0, 0.1) is 5.41 Å². The van der Waals surface area contributed by atoms with Gasteiger partial charge in [-0.3, -0.25) is 5.41 Å². The van der Waals surface area contributed by atoms with E-state index in [1.165, 1.54) is 0 Å². The number of ether oxygens (including phenoxy) is 1. The summed E-state index contributed by atoms with van der Waals surface area (Å²) >= 11 is 0. The fraction of sp³-hybridized carbons (Fsp3) is 0.429. The normalized spacial score (nSPS) is 20.4. The van der Waals surface area contributed by atoms with E-state index in [0.29, 0.717) is 18.8 Å². The number of hydrogen-bond acceptors (Lipinski definition) is 3. The Kier molecular flexibility index (Phi) is 1.05. The van der Waals surface area contributed by atoms with Gasteiger partial charge in [-0.25, -0.2) is 4.98 Å². The highest BCUT2D eigenvalue weighted by molar-refractivity contribution is 5.12. The minimum absolute atomic E-state index is 0.0158. The monoisotopic (exact) mass is 153 g/mol. The predicted molar refractivity (Wildman–Crippen MR) is 38.0 cm³/mol. The van der Waals surface area contributed by atoms with Crippen molar-refractivity contribution in [1.82, 2.24) is 9.97 Å². The molecule has 11 heavy (non-hydrogen) atoms. The Morgan fingerprint density at radius 3 is 3.18 bits per heavy atom. The van der Waals surface area contributed by atoms with Gasteiger partial charge >= 0.3 is 0 Å². The van der Waals surface area contributed by atoms with Gasteiger partial charge in [-0.2, -0.15) is 0 Å². The van der Waals surface area contributed by atoms with E-state index in [4.69, 9.17) is 12.9 Å². The molecule has 0 spiro atoms. The fourth-order valence-electron chi connectivity index (χ4n) is 0.894. The van der Waals surface area contributed by atoms with Gasteiger partial charge in [0, 0.05) is 18.3 Å². The summed E-state index contributed by atoms with van der Waals surface area (Å²) in [6.45, 7) is 1.09. The molecule has 0 bridgehead atoms. The molecule has 0 radical (unpaired) electrons. The third-order valence-corrected chi connectivity index (χ3v) is 1.65. The first-order valence-corrected chi connectivity index (χ1v) is 3.38. The molecule has 1 aromatic heterocycles. The molecule has 4 nitrogen and oxygen atoms in total. The van der Waals surface area contributed by atoms with Gasteiger partial charge in [-0.05, 0) is 5.56 Å². The van der Waals surface area contributed by atoms with E-state index >= 15 is 0 Å². The molecule has 1 aliphatic rings. The third-order valence-electron chi connectivity index (χ3n) is 1.65. The molecular weight excluding hydrogens is 142 g/mol. The minimum Gasteiger partial charge on any atom is -0.380 e. The van der Waals surface area contributed by atoms with Gasteiger partial charge < -0.3 is 9.72 Å². The van der Waals surface area contributed by atoms with Gasteiger partial charge in [-0.15, -0.1) is 0 Å². The van der Waals surface area contributed by atoms with E-state index in [2.05, 4.69) is 9.97 Å². The lowest BCUT2D eigenvalue weighted by molar-refractivity contribution is 0.00811. The van der Waals surface area contributed by atoms with Crippen molar-refractivity contribution in [1.29, 1.82) is 5.41 Å². The van der Waals surface area contributed by atoms with Crippen molar-refractivity contribution in [3.8, 4) is 0 Å². The number of aromatic nitrogens is 2. The molecule has 2 N–H and O–H groups in total. The van der Waals surface area contributed by atoms with Gasteiger partial charge in [0.05, 0.1) is 16.0 Å². The number of hydrogen-bond donors (Lipinski definition) is 2. The third kappa shape index (κ3) is 1.17. The Morgan fingerprint density at radius 1 is 1.82 bits per heavy atom. The summed E-state index contributed by atoms with van der Waals surface area (Å²) < 4.78 is 20.0. The maximum absolute atomic E-state index is 7.53. The maximum Gasteiger partial charge on any atom is 0.219 e.